The minimum Gasteiger partial charge on any atom is -0.255 e. The smallest absolute Gasteiger partial charge is 0.0381 e. The zero-order chi connectivity index (χ0) is 8.93. The zero-order valence-electron chi connectivity index (χ0n) is 7.87. The van der Waals surface area contributed by atoms with Crippen molar-refractivity contribution >= 4 is 0 Å². The summed E-state index contributed by atoms with van der Waals surface area (Å²) in [6.07, 6.45) is 2.63. The van der Waals surface area contributed by atoms with Gasteiger partial charge in [0.05, 0.1) is 0 Å². The van der Waals surface area contributed by atoms with E-state index in [1.165, 1.54) is 24.9 Å². The Kier molecular flexibility index (Phi) is 2.95. The highest BCUT2D eigenvalue weighted by Gasteiger charge is 2.08. The molecule has 0 atom stereocenters. The lowest BCUT2D eigenvalue weighted by Gasteiger charge is -2.27. The van der Waals surface area contributed by atoms with Gasteiger partial charge in [-0.2, -0.15) is 0 Å². The highest BCUT2D eigenvalue weighted by atomic mass is 15.5. The summed E-state index contributed by atoms with van der Waals surface area (Å²) in [6, 6.07) is 10.6. The van der Waals surface area contributed by atoms with E-state index < -0.39 is 0 Å². The van der Waals surface area contributed by atoms with Crippen LogP contribution in [0.2, 0.25) is 0 Å². The first-order valence-electron chi connectivity index (χ1n) is 4.97. The predicted octanol–water partition coefficient (Wildman–Crippen LogP) is 1.79. The minimum absolute atomic E-state index is 1.03. The van der Waals surface area contributed by atoms with Gasteiger partial charge in [-0.25, -0.2) is 5.01 Å². The van der Waals surface area contributed by atoms with Gasteiger partial charge in [0.15, 0.2) is 0 Å². The number of rotatable bonds is 2. The second-order valence-electron chi connectivity index (χ2n) is 3.52. The van der Waals surface area contributed by atoms with Gasteiger partial charge in [-0.3, -0.25) is 5.43 Å². The standard InChI is InChI=1S/C11H16N2/c1-2-6-11(7-3-1)10-13-9-5-4-8-12-13/h1-3,6-7,12H,4-5,8-10H2. The van der Waals surface area contributed by atoms with Crippen molar-refractivity contribution in [1.29, 1.82) is 0 Å². The maximum atomic E-state index is 3.40. The summed E-state index contributed by atoms with van der Waals surface area (Å²) < 4.78 is 0. The van der Waals surface area contributed by atoms with E-state index in [1.54, 1.807) is 0 Å². The van der Waals surface area contributed by atoms with Gasteiger partial charge >= 0.3 is 0 Å². The summed E-state index contributed by atoms with van der Waals surface area (Å²) in [6.45, 7) is 3.34. The third-order valence-corrected chi connectivity index (χ3v) is 2.41. The summed E-state index contributed by atoms with van der Waals surface area (Å²) in [5, 5.41) is 2.30. The minimum atomic E-state index is 1.03. The average molecular weight is 176 g/mol. The fourth-order valence-corrected chi connectivity index (χ4v) is 1.68. The van der Waals surface area contributed by atoms with E-state index in [2.05, 4.69) is 40.8 Å². The summed E-state index contributed by atoms with van der Waals surface area (Å²) in [5.41, 5.74) is 4.79. The first-order valence-corrected chi connectivity index (χ1v) is 4.97. The third-order valence-electron chi connectivity index (χ3n) is 2.41. The van der Waals surface area contributed by atoms with E-state index in [9.17, 15) is 0 Å². The van der Waals surface area contributed by atoms with Gasteiger partial charge < -0.3 is 0 Å². The highest BCUT2D eigenvalue weighted by Crippen LogP contribution is 2.06. The van der Waals surface area contributed by atoms with Gasteiger partial charge in [0.2, 0.25) is 0 Å². The molecule has 1 aromatic rings. The second kappa shape index (κ2) is 4.40. The third kappa shape index (κ3) is 2.54. The van der Waals surface area contributed by atoms with Crippen LogP contribution in [0.3, 0.4) is 0 Å². The lowest BCUT2D eigenvalue weighted by atomic mass is 10.2. The predicted molar refractivity (Wildman–Crippen MR) is 54.1 cm³/mol. The molecule has 0 aromatic heterocycles. The Morgan fingerprint density at radius 2 is 2.00 bits per heavy atom. The first kappa shape index (κ1) is 8.73. The molecule has 1 aliphatic rings. The van der Waals surface area contributed by atoms with Crippen molar-refractivity contribution in [3.8, 4) is 0 Å². The van der Waals surface area contributed by atoms with Crippen molar-refractivity contribution in [3.05, 3.63) is 35.9 Å². The number of nitrogens with one attached hydrogen (secondary N) is 1. The summed E-state index contributed by atoms with van der Waals surface area (Å²) in [4.78, 5) is 0. The van der Waals surface area contributed by atoms with E-state index in [4.69, 9.17) is 0 Å². The second-order valence-corrected chi connectivity index (χ2v) is 3.52. The Hall–Kier alpha value is -0.860. The highest BCUT2D eigenvalue weighted by molar-refractivity contribution is 5.14. The molecule has 1 N–H and O–H groups in total. The molecule has 0 spiro atoms. The molecule has 13 heavy (non-hydrogen) atoms. The van der Waals surface area contributed by atoms with E-state index in [0.29, 0.717) is 0 Å². The van der Waals surface area contributed by atoms with Crippen molar-refractivity contribution in [2.45, 2.75) is 19.4 Å². The van der Waals surface area contributed by atoms with Crippen LogP contribution in [-0.4, -0.2) is 18.1 Å². The van der Waals surface area contributed by atoms with Crippen LogP contribution in [-0.2, 0) is 6.54 Å². The summed E-state index contributed by atoms with van der Waals surface area (Å²) >= 11 is 0. The number of benzene rings is 1. The van der Waals surface area contributed by atoms with Gasteiger partial charge in [-0.05, 0) is 18.4 Å². The van der Waals surface area contributed by atoms with Crippen LogP contribution in [0.5, 0.6) is 0 Å². The first-order chi connectivity index (χ1) is 6.45. The number of hydrogen-bond acceptors (Lipinski definition) is 2. The van der Waals surface area contributed by atoms with Crippen LogP contribution >= 0.6 is 0 Å². The van der Waals surface area contributed by atoms with Gasteiger partial charge in [0.25, 0.3) is 0 Å². The van der Waals surface area contributed by atoms with Crippen molar-refractivity contribution < 1.29 is 0 Å². The molecule has 1 heterocycles. The van der Waals surface area contributed by atoms with Crippen LogP contribution in [0.4, 0.5) is 0 Å². The molecule has 1 fully saturated rings. The molecule has 2 heteroatoms. The number of nitrogens with zero attached hydrogens (tertiary/aromatic N) is 1. The molecule has 0 radical (unpaired) electrons. The number of hydrogen-bond donors (Lipinski definition) is 1. The Morgan fingerprint density at radius 1 is 1.15 bits per heavy atom. The van der Waals surface area contributed by atoms with E-state index >= 15 is 0 Å². The Morgan fingerprint density at radius 3 is 2.69 bits per heavy atom. The topological polar surface area (TPSA) is 15.3 Å². The molecule has 1 saturated heterocycles. The van der Waals surface area contributed by atoms with Crippen LogP contribution in [0.25, 0.3) is 0 Å². The maximum Gasteiger partial charge on any atom is 0.0381 e. The molecule has 1 aromatic carbocycles. The molecule has 0 bridgehead atoms. The molecule has 0 saturated carbocycles. The van der Waals surface area contributed by atoms with Gasteiger partial charge in [0, 0.05) is 19.6 Å². The molecule has 2 rings (SSSR count). The fourth-order valence-electron chi connectivity index (χ4n) is 1.68. The largest absolute Gasteiger partial charge is 0.255 e. The normalized spacial score (nSPS) is 18.8. The van der Waals surface area contributed by atoms with Crippen molar-refractivity contribution in [2.75, 3.05) is 13.1 Å². The van der Waals surface area contributed by atoms with Crippen molar-refractivity contribution in [1.82, 2.24) is 10.4 Å². The van der Waals surface area contributed by atoms with Crippen LogP contribution < -0.4 is 5.43 Å². The molecule has 1 aliphatic heterocycles. The lowest BCUT2D eigenvalue weighted by Crippen LogP contribution is -2.42. The molecule has 0 aliphatic carbocycles. The lowest BCUT2D eigenvalue weighted by molar-refractivity contribution is 0.144. The van der Waals surface area contributed by atoms with E-state index in [-0.39, 0.29) is 0 Å². The average Bonchev–Trinajstić information content (AvgIpc) is 2.21. The Labute approximate surface area is 79.5 Å². The summed E-state index contributed by atoms with van der Waals surface area (Å²) in [5.74, 6) is 0. The molecule has 70 valence electrons. The summed E-state index contributed by atoms with van der Waals surface area (Å²) in [7, 11) is 0. The fraction of sp³-hybridized carbons (Fsp3) is 0.455. The molecule has 2 nitrogen and oxygen atoms in total. The van der Waals surface area contributed by atoms with Crippen LogP contribution in [0.15, 0.2) is 30.3 Å². The Balaban J connectivity index is 1.90. The van der Waals surface area contributed by atoms with Crippen molar-refractivity contribution in [3.63, 3.8) is 0 Å². The van der Waals surface area contributed by atoms with Crippen molar-refractivity contribution in [2.24, 2.45) is 0 Å². The number of hydrazine groups is 1. The van der Waals surface area contributed by atoms with Crippen LogP contribution in [0, 0.1) is 0 Å². The molecular weight excluding hydrogens is 160 g/mol. The zero-order valence-corrected chi connectivity index (χ0v) is 7.87. The van der Waals surface area contributed by atoms with E-state index in [1.807, 2.05) is 0 Å². The monoisotopic (exact) mass is 176 g/mol. The van der Waals surface area contributed by atoms with Gasteiger partial charge in [-0.15, -0.1) is 0 Å². The molecule has 0 unspecified atom stereocenters. The Bertz CT molecular complexity index is 240. The molecule has 0 amide bonds. The molecular formula is C11H16N2. The van der Waals surface area contributed by atoms with Gasteiger partial charge in [0.1, 0.15) is 0 Å². The van der Waals surface area contributed by atoms with E-state index in [0.717, 1.165) is 13.1 Å². The SMILES string of the molecule is c1ccc(CN2CCCCN2)cc1. The van der Waals surface area contributed by atoms with Gasteiger partial charge in [-0.1, -0.05) is 30.3 Å². The maximum absolute atomic E-state index is 3.40. The quantitative estimate of drug-likeness (QED) is 0.739. The van der Waals surface area contributed by atoms with Crippen LogP contribution in [0.1, 0.15) is 18.4 Å².